The molecular formula is C65H112O6. The first-order chi connectivity index (χ1) is 35.0. The van der Waals surface area contributed by atoms with Gasteiger partial charge >= 0.3 is 17.9 Å². The SMILES string of the molecule is CC/C=C\C/C=C\C/C=C\C/C=C\CCCCC(=O)OCC(COC(=O)CCCCCCCCCCC/C=C\C/C=C\CCCCC)OC(=O)CCCCCCCCCCC/C=C\CCCCCCCC. The molecule has 71 heavy (non-hydrogen) atoms. The highest BCUT2D eigenvalue weighted by atomic mass is 16.6. The van der Waals surface area contributed by atoms with Crippen LogP contribution in [0.4, 0.5) is 0 Å². The summed E-state index contributed by atoms with van der Waals surface area (Å²) in [7, 11) is 0. The van der Waals surface area contributed by atoms with E-state index >= 15 is 0 Å². The third-order valence-electron chi connectivity index (χ3n) is 12.9. The number of esters is 3. The molecule has 6 heteroatoms. The number of unbranched alkanes of at least 4 members (excludes halogenated alkanes) is 29. The van der Waals surface area contributed by atoms with Gasteiger partial charge < -0.3 is 14.2 Å². The Labute approximate surface area is 439 Å². The number of carbonyl (C=O) groups excluding carboxylic acids is 3. The van der Waals surface area contributed by atoms with E-state index in [4.69, 9.17) is 14.2 Å². The Hall–Kier alpha value is -3.41. The largest absolute Gasteiger partial charge is 0.462 e. The smallest absolute Gasteiger partial charge is 0.306 e. The molecule has 0 saturated heterocycles. The van der Waals surface area contributed by atoms with Crippen molar-refractivity contribution in [1.29, 1.82) is 0 Å². The zero-order chi connectivity index (χ0) is 51.4. The lowest BCUT2D eigenvalue weighted by Gasteiger charge is -2.18. The second kappa shape index (κ2) is 59.2. The molecule has 0 saturated carbocycles. The Bertz CT molecular complexity index is 1370. The molecule has 0 amide bonds. The van der Waals surface area contributed by atoms with Gasteiger partial charge in [-0.3, -0.25) is 14.4 Å². The minimum absolute atomic E-state index is 0.0921. The van der Waals surface area contributed by atoms with Crippen molar-refractivity contribution in [1.82, 2.24) is 0 Å². The van der Waals surface area contributed by atoms with E-state index in [2.05, 4.69) is 106 Å². The highest BCUT2D eigenvalue weighted by molar-refractivity contribution is 5.71. The molecule has 6 nitrogen and oxygen atoms in total. The van der Waals surface area contributed by atoms with Gasteiger partial charge in [-0.2, -0.15) is 0 Å². The molecule has 0 spiro atoms. The van der Waals surface area contributed by atoms with Gasteiger partial charge in [-0.1, -0.05) is 241 Å². The number of carbonyl (C=O) groups is 3. The molecule has 0 aliphatic rings. The fourth-order valence-electron chi connectivity index (χ4n) is 8.34. The highest BCUT2D eigenvalue weighted by Gasteiger charge is 2.19. The lowest BCUT2D eigenvalue weighted by atomic mass is 10.1. The third-order valence-corrected chi connectivity index (χ3v) is 12.9. The van der Waals surface area contributed by atoms with Gasteiger partial charge in [-0.25, -0.2) is 0 Å². The molecule has 0 aromatic heterocycles. The summed E-state index contributed by atoms with van der Waals surface area (Å²) < 4.78 is 16.9. The summed E-state index contributed by atoms with van der Waals surface area (Å²) >= 11 is 0. The quantitative estimate of drug-likeness (QED) is 0.0261. The van der Waals surface area contributed by atoms with Crippen molar-refractivity contribution < 1.29 is 28.6 Å². The summed E-state index contributed by atoms with van der Waals surface area (Å²) in [5.41, 5.74) is 0. The van der Waals surface area contributed by atoms with E-state index < -0.39 is 6.10 Å². The van der Waals surface area contributed by atoms with Crippen LogP contribution in [0.3, 0.4) is 0 Å². The van der Waals surface area contributed by atoms with Crippen LogP contribution < -0.4 is 0 Å². The predicted octanol–water partition coefficient (Wildman–Crippen LogP) is 20.3. The number of hydrogen-bond donors (Lipinski definition) is 0. The zero-order valence-corrected chi connectivity index (χ0v) is 46.7. The minimum Gasteiger partial charge on any atom is -0.462 e. The zero-order valence-electron chi connectivity index (χ0n) is 46.7. The summed E-state index contributed by atoms with van der Waals surface area (Å²) in [5.74, 6) is -0.933. The summed E-state index contributed by atoms with van der Waals surface area (Å²) in [5, 5.41) is 0. The normalized spacial score (nSPS) is 12.7. The summed E-state index contributed by atoms with van der Waals surface area (Å²) in [6.07, 6.45) is 77.2. The van der Waals surface area contributed by atoms with Crippen LogP contribution in [0.1, 0.15) is 290 Å². The molecule has 0 N–H and O–H groups in total. The number of rotatable bonds is 54. The molecule has 0 aliphatic heterocycles. The molecule has 0 heterocycles. The van der Waals surface area contributed by atoms with Crippen molar-refractivity contribution in [2.24, 2.45) is 0 Å². The molecule has 0 rings (SSSR count). The molecule has 0 aromatic rings. The van der Waals surface area contributed by atoms with E-state index in [9.17, 15) is 14.4 Å². The standard InChI is InChI=1S/C65H112O6/c1-4-7-10-13-16-19-22-25-28-30-32-34-37-40-43-46-49-52-55-58-64(67)70-61-62(60-69-63(66)57-54-51-48-45-42-39-36-27-24-21-18-15-12-9-6-3)71-65(68)59-56-53-50-47-44-41-38-35-33-31-29-26-23-20-17-14-11-8-5-2/h9,12,16,18-19,21,25-29,36,42,45,62H,4-8,10-11,13-15,17,20,22-24,30-35,37-41,43-44,46-61H2,1-3H3/b12-9-,19-16-,21-18-,28-25-,29-26-,36-27-,45-42-. The number of ether oxygens (including phenoxy) is 3. The minimum atomic E-state index is -0.797. The lowest BCUT2D eigenvalue weighted by molar-refractivity contribution is -0.167. The van der Waals surface area contributed by atoms with Gasteiger partial charge in [-0.05, 0) is 116 Å². The van der Waals surface area contributed by atoms with Crippen molar-refractivity contribution >= 4 is 17.9 Å². The molecule has 0 aromatic carbocycles. The molecule has 408 valence electrons. The van der Waals surface area contributed by atoms with E-state index in [0.717, 1.165) is 89.9 Å². The molecule has 0 bridgehead atoms. The molecule has 0 radical (unpaired) electrons. The van der Waals surface area contributed by atoms with Crippen LogP contribution in [-0.2, 0) is 28.6 Å². The molecule has 0 aliphatic carbocycles. The third kappa shape index (κ3) is 57.4. The fourth-order valence-corrected chi connectivity index (χ4v) is 8.34. The van der Waals surface area contributed by atoms with Crippen molar-refractivity contribution in [2.45, 2.75) is 297 Å². The van der Waals surface area contributed by atoms with E-state index in [0.29, 0.717) is 19.3 Å². The van der Waals surface area contributed by atoms with Crippen LogP contribution in [0.25, 0.3) is 0 Å². The van der Waals surface area contributed by atoms with Gasteiger partial charge in [-0.15, -0.1) is 0 Å². The van der Waals surface area contributed by atoms with Crippen molar-refractivity contribution in [3.63, 3.8) is 0 Å². The van der Waals surface area contributed by atoms with E-state index in [1.807, 2.05) is 0 Å². The summed E-state index contributed by atoms with van der Waals surface area (Å²) in [6.45, 7) is 6.48. The molecule has 1 atom stereocenters. The average molecular weight is 990 g/mol. The van der Waals surface area contributed by atoms with E-state index in [-0.39, 0.29) is 31.1 Å². The van der Waals surface area contributed by atoms with Crippen LogP contribution in [0.15, 0.2) is 85.1 Å². The Morgan fingerprint density at radius 1 is 0.296 bits per heavy atom. The van der Waals surface area contributed by atoms with Gasteiger partial charge in [0.25, 0.3) is 0 Å². The summed E-state index contributed by atoms with van der Waals surface area (Å²) in [4.78, 5) is 38.2. The second-order valence-electron chi connectivity index (χ2n) is 19.9. The first kappa shape index (κ1) is 67.6. The van der Waals surface area contributed by atoms with Gasteiger partial charge in [0.15, 0.2) is 6.10 Å². The Balaban J connectivity index is 4.42. The molecule has 1 unspecified atom stereocenters. The van der Waals surface area contributed by atoms with Crippen molar-refractivity contribution in [3.8, 4) is 0 Å². The van der Waals surface area contributed by atoms with Gasteiger partial charge in [0.2, 0.25) is 0 Å². The average Bonchev–Trinajstić information content (AvgIpc) is 3.37. The Morgan fingerprint density at radius 2 is 0.549 bits per heavy atom. The van der Waals surface area contributed by atoms with Crippen LogP contribution in [-0.4, -0.2) is 37.2 Å². The van der Waals surface area contributed by atoms with Crippen molar-refractivity contribution in [3.05, 3.63) is 85.1 Å². The fraction of sp³-hybridized carbons (Fsp3) is 0.738. The van der Waals surface area contributed by atoms with Gasteiger partial charge in [0, 0.05) is 19.3 Å². The van der Waals surface area contributed by atoms with Gasteiger partial charge in [0.1, 0.15) is 13.2 Å². The summed E-state index contributed by atoms with van der Waals surface area (Å²) in [6, 6.07) is 0. The lowest BCUT2D eigenvalue weighted by Crippen LogP contribution is -2.30. The monoisotopic (exact) mass is 989 g/mol. The van der Waals surface area contributed by atoms with Gasteiger partial charge in [0.05, 0.1) is 0 Å². The van der Waals surface area contributed by atoms with E-state index in [1.54, 1.807) is 0 Å². The van der Waals surface area contributed by atoms with Crippen LogP contribution in [0.2, 0.25) is 0 Å². The molecular weight excluding hydrogens is 877 g/mol. The van der Waals surface area contributed by atoms with Crippen LogP contribution >= 0.6 is 0 Å². The highest BCUT2D eigenvalue weighted by Crippen LogP contribution is 2.15. The topological polar surface area (TPSA) is 78.9 Å². The number of hydrogen-bond acceptors (Lipinski definition) is 6. The van der Waals surface area contributed by atoms with E-state index in [1.165, 1.54) is 161 Å². The maximum atomic E-state index is 12.9. The Morgan fingerprint density at radius 3 is 0.930 bits per heavy atom. The van der Waals surface area contributed by atoms with Crippen LogP contribution in [0.5, 0.6) is 0 Å². The first-order valence-corrected chi connectivity index (χ1v) is 30.1. The maximum Gasteiger partial charge on any atom is 0.306 e. The predicted molar refractivity (Wildman–Crippen MR) is 307 cm³/mol. The number of allylic oxidation sites excluding steroid dienone is 14. The first-order valence-electron chi connectivity index (χ1n) is 30.1. The molecule has 0 fully saturated rings. The maximum absolute atomic E-state index is 12.9. The Kier molecular flexibility index (Phi) is 56.3. The second-order valence-corrected chi connectivity index (χ2v) is 19.9. The van der Waals surface area contributed by atoms with Crippen LogP contribution in [0, 0.1) is 0 Å². The van der Waals surface area contributed by atoms with Crippen molar-refractivity contribution in [2.75, 3.05) is 13.2 Å².